The predicted molar refractivity (Wildman–Crippen MR) is 108 cm³/mol. The van der Waals surface area contributed by atoms with Gasteiger partial charge in [-0.1, -0.05) is 28.9 Å². The van der Waals surface area contributed by atoms with Crippen molar-refractivity contribution in [1.82, 2.24) is 5.16 Å². The Morgan fingerprint density at radius 2 is 1.96 bits per heavy atom. The molecule has 3 rings (SSSR count). The van der Waals surface area contributed by atoms with Crippen LogP contribution < -0.4 is 9.64 Å². The van der Waals surface area contributed by atoms with Gasteiger partial charge in [-0.25, -0.2) is 0 Å². The van der Waals surface area contributed by atoms with Crippen LogP contribution in [0.5, 0.6) is 5.75 Å². The van der Waals surface area contributed by atoms with Gasteiger partial charge in [0.05, 0.1) is 18.4 Å². The first-order valence-electron chi connectivity index (χ1n) is 9.74. The number of aryl methyl sites for hydroxylation is 1. The van der Waals surface area contributed by atoms with Crippen molar-refractivity contribution in [3.8, 4) is 5.75 Å². The van der Waals surface area contributed by atoms with Gasteiger partial charge in [-0.2, -0.15) is 0 Å². The largest absolute Gasteiger partial charge is 0.491 e. The van der Waals surface area contributed by atoms with Crippen LogP contribution in [0.2, 0.25) is 0 Å². The Kier molecular flexibility index (Phi) is 6.56. The fourth-order valence-corrected chi connectivity index (χ4v) is 3.21. The Labute approximate surface area is 161 Å². The molecule has 0 amide bonds. The number of rotatable bonds is 7. The third kappa shape index (κ3) is 5.36. The molecule has 146 valence electrons. The van der Waals surface area contributed by atoms with Crippen molar-refractivity contribution in [3.63, 3.8) is 0 Å². The first-order valence-corrected chi connectivity index (χ1v) is 9.74. The second kappa shape index (κ2) is 9.09. The summed E-state index contributed by atoms with van der Waals surface area (Å²) in [6.07, 6.45) is 4.59. The van der Waals surface area contributed by atoms with Crippen LogP contribution in [0.25, 0.3) is 6.08 Å². The Morgan fingerprint density at radius 3 is 2.63 bits per heavy atom. The maximum Gasteiger partial charge on any atom is 0.230 e. The zero-order valence-corrected chi connectivity index (χ0v) is 16.8. The lowest BCUT2D eigenvalue weighted by atomic mass is 10.0. The molecule has 0 unspecified atom stereocenters. The van der Waals surface area contributed by atoms with E-state index in [1.54, 1.807) is 0 Å². The number of ether oxygens (including phenoxy) is 2. The SMILES string of the molecule is Cc1noc(N2CCC(=Cc3cccc(OCCOC(C)C)c3)CC2)c1C. The zero-order chi connectivity index (χ0) is 19.2. The van der Waals surface area contributed by atoms with Crippen molar-refractivity contribution in [2.24, 2.45) is 0 Å². The zero-order valence-electron chi connectivity index (χ0n) is 16.8. The van der Waals surface area contributed by atoms with E-state index in [0.29, 0.717) is 13.2 Å². The second-order valence-corrected chi connectivity index (χ2v) is 7.33. The summed E-state index contributed by atoms with van der Waals surface area (Å²) in [5.74, 6) is 1.81. The summed E-state index contributed by atoms with van der Waals surface area (Å²) in [4.78, 5) is 2.29. The van der Waals surface area contributed by atoms with Gasteiger partial charge < -0.3 is 18.9 Å². The van der Waals surface area contributed by atoms with Crippen molar-refractivity contribution >= 4 is 12.0 Å². The Balaban J connectivity index is 1.55. The molecule has 1 aliphatic rings. The van der Waals surface area contributed by atoms with E-state index in [-0.39, 0.29) is 6.10 Å². The number of piperidine rings is 1. The van der Waals surface area contributed by atoms with Gasteiger partial charge in [-0.15, -0.1) is 0 Å². The molecule has 1 aliphatic heterocycles. The molecular formula is C22H30N2O3. The lowest BCUT2D eigenvalue weighted by molar-refractivity contribution is 0.0552. The highest BCUT2D eigenvalue weighted by atomic mass is 16.5. The van der Waals surface area contributed by atoms with E-state index in [1.165, 1.54) is 11.1 Å². The predicted octanol–water partition coefficient (Wildman–Crippen LogP) is 4.78. The minimum Gasteiger partial charge on any atom is -0.491 e. The molecule has 1 aromatic carbocycles. The maximum atomic E-state index is 5.79. The molecule has 0 bridgehead atoms. The van der Waals surface area contributed by atoms with Crippen molar-refractivity contribution < 1.29 is 14.0 Å². The molecule has 5 heteroatoms. The number of hydrogen-bond acceptors (Lipinski definition) is 5. The third-order valence-corrected chi connectivity index (χ3v) is 4.86. The van der Waals surface area contributed by atoms with Crippen molar-refractivity contribution in [1.29, 1.82) is 0 Å². The van der Waals surface area contributed by atoms with Gasteiger partial charge in [-0.05, 0) is 58.2 Å². The van der Waals surface area contributed by atoms with Gasteiger partial charge in [0, 0.05) is 18.7 Å². The smallest absolute Gasteiger partial charge is 0.230 e. The highest BCUT2D eigenvalue weighted by molar-refractivity contribution is 5.56. The number of hydrogen-bond donors (Lipinski definition) is 0. The molecule has 1 aromatic heterocycles. The summed E-state index contributed by atoms with van der Waals surface area (Å²) < 4.78 is 16.8. The van der Waals surface area contributed by atoms with Crippen LogP contribution in [-0.2, 0) is 4.74 Å². The lowest BCUT2D eigenvalue weighted by Gasteiger charge is -2.28. The fourth-order valence-electron chi connectivity index (χ4n) is 3.21. The van der Waals surface area contributed by atoms with E-state index in [2.05, 4.69) is 35.2 Å². The summed E-state index contributed by atoms with van der Waals surface area (Å²) >= 11 is 0. The van der Waals surface area contributed by atoms with Crippen LogP contribution in [0.15, 0.2) is 34.4 Å². The van der Waals surface area contributed by atoms with Gasteiger partial charge in [0.1, 0.15) is 12.4 Å². The van der Waals surface area contributed by atoms with Gasteiger partial charge in [0.2, 0.25) is 5.88 Å². The summed E-state index contributed by atoms with van der Waals surface area (Å²) in [6.45, 7) is 11.2. The van der Waals surface area contributed by atoms with Crippen LogP contribution >= 0.6 is 0 Å². The Bertz CT molecular complexity index is 770. The Hall–Kier alpha value is -2.27. The van der Waals surface area contributed by atoms with Gasteiger partial charge in [0.25, 0.3) is 0 Å². The number of nitrogens with zero attached hydrogens (tertiary/aromatic N) is 2. The molecule has 0 aliphatic carbocycles. The minimum absolute atomic E-state index is 0.236. The van der Waals surface area contributed by atoms with Crippen LogP contribution in [-0.4, -0.2) is 37.6 Å². The first-order chi connectivity index (χ1) is 13.0. The molecule has 2 aromatic rings. The molecule has 27 heavy (non-hydrogen) atoms. The molecule has 5 nitrogen and oxygen atoms in total. The molecule has 1 fully saturated rings. The summed E-state index contributed by atoms with van der Waals surface area (Å²) in [6, 6.07) is 8.26. The van der Waals surface area contributed by atoms with E-state index in [1.807, 2.05) is 32.9 Å². The minimum atomic E-state index is 0.236. The number of anilines is 1. The van der Waals surface area contributed by atoms with Gasteiger partial charge >= 0.3 is 0 Å². The molecule has 1 saturated heterocycles. The topological polar surface area (TPSA) is 47.7 Å². The molecule has 0 N–H and O–H groups in total. The van der Waals surface area contributed by atoms with Crippen LogP contribution in [0.4, 0.5) is 5.88 Å². The molecule has 0 atom stereocenters. The van der Waals surface area contributed by atoms with E-state index in [4.69, 9.17) is 14.0 Å². The molecule has 0 radical (unpaired) electrons. The van der Waals surface area contributed by atoms with E-state index >= 15 is 0 Å². The summed E-state index contributed by atoms with van der Waals surface area (Å²) in [5, 5.41) is 4.07. The lowest BCUT2D eigenvalue weighted by Crippen LogP contribution is -2.30. The van der Waals surface area contributed by atoms with E-state index in [0.717, 1.165) is 48.8 Å². The van der Waals surface area contributed by atoms with Gasteiger partial charge in [0.15, 0.2) is 0 Å². The summed E-state index contributed by atoms with van der Waals surface area (Å²) in [5.41, 5.74) is 4.77. The van der Waals surface area contributed by atoms with Crippen LogP contribution in [0.1, 0.15) is 43.5 Å². The monoisotopic (exact) mass is 370 g/mol. The molecular weight excluding hydrogens is 340 g/mol. The summed E-state index contributed by atoms with van der Waals surface area (Å²) in [7, 11) is 0. The standard InChI is InChI=1S/C22H30N2O3/c1-16(2)25-12-13-26-21-7-5-6-20(15-21)14-19-8-10-24(11-9-19)22-17(3)18(4)23-27-22/h5-7,14-16H,8-13H2,1-4H3. The van der Waals surface area contributed by atoms with Crippen LogP contribution in [0, 0.1) is 13.8 Å². The maximum absolute atomic E-state index is 5.79. The molecule has 0 saturated carbocycles. The molecule has 0 spiro atoms. The van der Waals surface area contributed by atoms with E-state index < -0.39 is 0 Å². The van der Waals surface area contributed by atoms with Crippen LogP contribution in [0.3, 0.4) is 0 Å². The first kappa shape index (κ1) is 19.5. The molecule has 2 heterocycles. The van der Waals surface area contributed by atoms with Crippen molar-refractivity contribution in [3.05, 3.63) is 46.7 Å². The van der Waals surface area contributed by atoms with Crippen molar-refractivity contribution in [2.45, 2.75) is 46.6 Å². The Morgan fingerprint density at radius 1 is 1.19 bits per heavy atom. The fraction of sp³-hybridized carbons (Fsp3) is 0.500. The van der Waals surface area contributed by atoms with E-state index in [9.17, 15) is 0 Å². The second-order valence-electron chi connectivity index (χ2n) is 7.33. The average Bonchev–Trinajstić information content (AvgIpc) is 2.99. The normalized spacial score (nSPS) is 14.7. The third-order valence-electron chi connectivity index (χ3n) is 4.86. The van der Waals surface area contributed by atoms with Gasteiger partial charge in [-0.3, -0.25) is 0 Å². The van der Waals surface area contributed by atoms with Crippen molar-refractivity contribution in [2.75, 3.05) is 31.2 Å². The highest BCUT2D eigenvalue weighted by Crippen LogP contribution is 2.28. The number of aromatic nitrogens is 1. The average molecular weight is 370 g/mol. The highest BCUT2D eigenvalue weighted by Gasteiger charge is 2.20. The quantitative estimate of drug-likeness (QED) is 0.657. The number of benzene rings is 1.